The van der Waals surface area contributed by atoms with Gasteiger partial charge in [-0.3, -0.25) is 4.99 Å². The van der Waals surface area contributed by atoms with Crippen molar-refractivity contribution in [1.29, 1.82) is 0 Å². The third-order valence-corrected chi connectivity index (χ3v) is 3.12. The van der Waals surface area contributed by atoms with Crippen molar-refractivity contribution >= 4 is 45.9 Å². The summed E-state index contributed by atoms with van der Waals surface area (Å²) in [6, 6.07) is 6.13. The molecular formula is C13H21BrIN3O. The third-order valence-electron chi connectivity index (χ3n) is 2.62. The highest BCUT2D eigenvalue weighted by molar-refractivity contribution is 14.0. The minimum absolute atomic E-state index is 0. The van der Waals surface area contributed by atoms with Crippen molar-refractivity contribution in [3.05, 3.63) is 28.2 Å². The van der Waals surface area contributed by atoms with Crippen molar-refractivity contribution < 1.29 is 4.74 Å². The molecule has 1 rings (SSSR count). The Labute approximate surface area is 140 Å². The van der Waals surface area contributed by atoms with Crippen LogP contribution in [0.25, 0.3) is 0 Å². The van der Waals surface area contributed by atoms with E-state index < -0.39 is 0 Å². The van der Waals surface area contributed by atoms with Crippen LogP contribution in [-0.4, -0.2) is 33.7 Å². The third kappa shape index (κ3) is 6.47. The van der Waals surface area contributed by atoms with Gasteiger partial charge in [-0.05, 0) is 30.5 Å². The van der Waals surface area contributed by atoms with Crippen molar-refractivity contribution in [2.75, 3.05) is 27.7 Å². The molecular weight excluding hydrogens is 421 g/mol. The quantitative estimate of drug-likeness (QED) is 0.319. The van der Waals surface area contributed by atoms with Crippen molar-refractivity contribution in [3.63, 3.8) is 0 Å². The first-order chi connectivity index (χ1) is 8.71. The van der Waals surface area contributed by atoms with E-state index in [2.05, 4.69) is 37.6 Å². The highest BCUT2D eigenvalue weighted by Gasteiger charge is 2.03. The fourth-order valence-electron chi connectivity index (χ4n) is 1.69. The molecule has 0 atom stereocenters. The number of rotatable bonds is 5. The molecule has 0 unspecified atom stereocenters. The maximum absolute atomic E-state index is 5.36. The highest BCUT2D eigenvalue weighted by Crippen LogP contribution is 2.24. The van der Waals surface area contributed by atoms with Crippen LogP contribution in [0.5, 0.6) is 5.75 Å². The minimum Gasteiger partial charge on any atom is -0.496 e. The van der Waals surface area contributed by atoms with Crippen molar-refractivity contribution in [3.8, 4) is 5.75 Å². The van der Waals surface area contributed by atoms with Gasteiger partial charge in [0, 0.05) is 25.1 Å². The lowest BCUT2D eigenvalue weighted by Gasteiger charge is -2.10. The van der Waals surface area contributed by atoms with Crippen LogP contribution in [0.2, 0.25) is 0 Å². The fraction of sp³-hybridized carbons (Fsp3) is 0.462. The Balaban J connectivity index is 0.00000324. The number of nitrogens with zero attached hydrogens (tertiary/aromatic N) is 1. The van der Waals surface area contributed by atoms with Crippen molar-refractivity contribution in [1.82, 2.24) is 10.6 Å². The maximum atomic E-state index is 5.36. The molecule has 0 bridgehead atoms. The lowest BCUT2D eigenvalue weighted by Crippen LogP contribution is -2.35. The van der Waals surface area contributed by atoms with E-state index in [9.17, 15) is 0 Å². The van der Waals surface area contributed by atoms with Crippen LogP contribution in [0.4, 0.5) is 0 Å². The summed E-state index contributed by atoms with van der Waals surface area (Å²) in [4.78, 5) is 4.06. The molecule has 0 aliphatic heterocycles. The van der Waals surface area contributed by atoms with Crippen molar-refractivity contribution in [2.45, 2.75) is 12.8 Å². The van der Waals surface area contributed by atoms with Gasteiger partial charge in [0.2, 0.25) is 0 Å². The van der Waals surface area contributed by atoms with E-state index in [4.69, 9.17) is 4.74 Å². The summed E-state index contributed by atoms with van der Waals surface area (Å²) in [7, 11) is 5.32. The predicted molar refractivity (Wildman–Crippen MR) is 94.9 cm³/mol. The molecule has 0 aliphatic rings. The molecule has 2 N–H and O–H groups in total. The molecule has 0 aromatic heterocycles. The summed E-state index contributed by atoms with van der Waals surface area (Å²) in [5.41, 5.74) is 1.22. The molecule has 0 fully saturated rings. The van der Waals surface area contributed by atoms with E-state index in [1.807, 2.05) is 19.2 Å². The molecule has 0 saturated carbocycles. The van der Waals surface area contributed by atoms with Gasteiger partial charge in [-0.25, -0.2) is 0 Å². The van der Waals surface area contributed by atoms with Crippen LogP contribution in [0, 0.1) is 0 Å². The van der Waals surface area contributed by atoms with Gasteiger partial charge in [0.1, 0.15) is 5.75 Å². The minimum atomic E-state index is 0. The largest absolute Gasteiger partial charge is 0.496 e. The number of halogens is 2. The lowest BCUT2D eigenvalue weighted by molar-refractivity contribution is 0.409. The first-order valence-electron chi connectivity index (χ1n) is 5.92. The molecule has 1 aromatic rings. The number of hydrogen-bond acceptors (Lipinski definition) is 2. The van der Waals surface area contributed by atoms with Gasteiger partial charge in [0.05, 0.1) is 7.11 Å². The van der Waals surface area contributed by atoms with Gasteiger partial charge in [-0.2, -0.15) is 0 Å². The number of guanidine groups is 1. The number of ether oxygens (including phenoxy) is 1. The van der Waals surface area contributed by atoms with E-state index in [1.54, 1.807) is 14.2 Å². The van der Waals surface area contributed by atoms with E-state index in [1.165, 1.54) is 5.56 Å². The zero-order valence-electron chi connectivity index (χ0n) is 11.5. The standard InChI is InChI=1S/C13H20BrN3O.HI/c1-15-13(16-2)17-8-4-5-10-6-7-11(14)9-12(10)18-3;/h6-7,9H,4-5,8H2,1-3H3,(H2,15,16,17);1H. The molecule has 0 amide bonds. The Morgan fingerprint density at radius 1 is 1.42 bits per heavy atom. The molecule has 0 spiro atoms. The van der Waals surface area contributed by atoms with E-state index in [0.29, 0.717) is 0 Å². The molecule has 0 radical (unpaired) electrons. The molecule has 1 aromatic carbocycles. The van der Waals surface area contributed by atoms with Crippen LogP contribution in [0.1, 0.15) is 12.0 Å². The van der Waals surface area contributed by atoms with E-state index in [-0.39, 0.29) is 24.0 Å². The van der Waals surface area contributed by atoms with Crippen LogP contribution >= 0.6 is 39.9 Å². The zero-order valence-corrected chi connectivity index (χ0v) is 15.4. The van der Waals surface area contributed by atoms with E-state index >= 15 is 0 Å². The first-order valence-corrected chi connectivity index (χ1v) is 6.71. The number of hydrogen-bond donors (Lipinski definition) is 2. The Morgan fingerprint density at radius 3 is 2.74 bits per heavy atom. The summed E-state index contributed by atoms with van der Waals surface area (Å²) < 4.78 is 6.40. The molecule has 4 nitrogen and oxygen atoms in total. The Bertz CT molecular complexity index is 413. The summed E-state index contributed by atoms with van der Waals surface area (Å²) in [5.74, 6) is 1.75. The van der Waals surface area contributed by atoms with Crippen LogP contribution in [0.15, 0.2) is 27.7 Å². The fourth-order valence-corrected chi connectivity index (χ4v) is 2.03. The summed E-state index contributed by atoms with van der Waals surface area (Å²) in [6.07, 6.45) is 2.00. The van der Waals surface area contributed by atoms with Crippen molar-refractivity contribution in [2.24, 2.45) is 4.99 Å². The predicted octanol–water partition coefficient (Wildman–Crippen LogP) is 2.80. The first kappa shape index (κ1) is 18.5. The average molecular weight is 442 g/mol. The Morgan fingerprint density at radius 2 is 2.16 bits per heavy atom. The molecule has 6 heteroatoms. The highest BCUT2D eigenvalue weighted by atomic mass is 127. The van der Waals surface area contributed by atoms with E-state index in [0.717, 1.165) is 35.6 Å². The number of aliphatic imine (C=N–C) groups is 1. The topological polar surface area (TPSA) is 45.7 Å². The molecule has 0 heterocycles. The van der Waals surface area contributed by atoms with Gasteiger partial charge >= 0.3 is 0 Å². The van der Waals surface area contributed by atoms with Gasteiger partial charge in [-0.1, -0.05) is 22.0 Å². The number of aryl methyl sites for hydroxylation is 1. The molecule has 108 valence electrons. The Hall–Kier alpha value is -0.500. The van der Waals surface area contributed by atoms with Crippen LogP contribution in [-0.2, 0) is 6.42 Å². The SMILES string of the molecule is CN=C(NC)NCCCc1ccc(Br)cc1OC.I. The Kier molecular flexibility index (Phi) is 10.0. The summed E-state index contributed by atoms with van der Waals surface area (Å²) in [6.45, 7) is 0.882. The monoisotopic (exact) mass is 441 g/mol. The second-order valence-electron chi connectivity index (χ2n) is 3.81. The normalized spacial score (nSPS) is 10.6. The van der Waals surface area contributed by atoms with Gasteiger partial charge in [0.15, 0.2) is 5.96 Å². The molecule has 0 aliphatic carbocycles. The molecule has 19 heavy (non-hydrogen) atoms. The number of methoxy groups -OCH3 is 1. The lowest BCUT2D eigenvalue weighted by atomic mass is 10.1. The second kappa shape index (κ2) is 10.3. The van der Waals surface area contributed by atoms with Gasteiger partial charge in [0.25, 0.3) is 0 Å². The second-order valence-corrected chi connectivity index (χ2v) is 4.72. The number of nitrogens with one attached hydrogen (secondary N) is 2. The van der Waals surface area contributed by atoms with Crippen LogP contribution < -0.4 is 15.4 Å². The number of benzene rings is 1. The summed E-state index contributed by atoms with van der Waals surface area (Å²) >= 11 is 3.44. The molecule has 0 saturated heterocycles. The summed E-state index contributed by atoms with van der Waals surface area (Å²) in [5, 5.41) is 6.22. The maximum Gasteiger partial charge on any atom is 0.190 e. The van der Waals surface area contributed by atoms with Crippen LogP contribution in [0.3, 0.4) is 0 Å². The average Bonchev–Trinajstić information content (AvgIpc) is 2.40. The van der Waals surface area contributed by atoms with Gasteiger partial charge < -0.3 is 15.4 Å². The van der Waals surface area contributed by atoms with Gasteiger partial charge in [-0.15, -0.1) is 24.0 Å². The smallest absolute Gasteiger partial charge is 0.190 e. The zero-order chi connectivity index (χ0) is 13.4.